The molecule has 0 bridgehead atoms. The summed E-state index contributed by atoms with van der Waals surface area (Å²) in [4.78, 5) is 21.3. The fourth-order valence-electron chi connectivity index (χ4n) is 3.26. The molecule has 0 radical (unpaired) electrons. The minimum atomic E-state index is -0.537. The van der Waals surface area contributed by atoms with Gasteiger partial charge in [0.1, 0.15) is 5.60 Å². The van der Waals surface area contributed by atoms with E-state index in [1.54, 1.807) is 19.2 Å². The highest BCUT2D eigenvalue weighted by atomic mass is 16.6. The Balaban J connectivity index is 2.08. The van der Waals surface area contributed by atoms with Crippen LogP contribution >= 0.6 is 0 Å². The quantitative estimate of drug-likeness (QED) is 0.537. The Labute approximate surface area is 175 Å². The van der Waals surface area contributed by atoms with Crippen molar-refractivity contribution < 1.29 is 19.7 Å². The Morgan fingerprint density at radius 3 is 2.40 bits per heavy atom. The molecule has 0 fully saturated rings. The fourth-order valence-corrected chi connectivity index (χ4v) is 3.26. The van der Waals surface area contributed by atoms with Gasteiger partial charge in [-0.3, -0.25) is 4.79 Å². The van der Waals surface area contributed by atoms with Crippen LogP contribution in [0.5, 0.6) is 0 Å². The van der Waals surface area contributed by atoms with Gasteiger partial charge in [-0.25, -0.2) is 9.97 Å². The Kier molecular flexibility index (Phi) is 6.34. The molecule has 0 saturated carbocycles. The lowest BCUT2D eigenvalue weighted by Crippen LogP contribution is -2.24. The number of carbonyl (C=O) groups excluding carboxylic acids is 1. The van der Waals surface area contributed by atoms with Gasteiger partial charge in [-0.2, -0.15) is 0 Å². The molecule has 2 aromatic carbocycles. The van der Waals surface area contributed by atoms with Crippen LogP contribution in [0.25, 0.3) is 22.2 Å². The van der Waals surface area contributed by atoms with Crippen molar-refractivity contribution in [3.05, 3.63) is 53.1 Å². The van der Waals surface area contributed by atoms with Crippen molar-refractivity contribution >= 4 is 22.8 Å². The van der Waals surface area contributed by atoms with E-state index in [1.165, 1.54) is 0 Å². The van der Waals surface area contributed by atoms with E-state index in [-0.39, 0.29) is 25.6 Å². The summed E-state index contributed by atoms with van der Waals surface area (Å²) in [5.74, 6) is 0.147. The molecule has 0 aliphatic carbocycles. The van der Waals surface area contributed by atoms with Crippen LogP contribution < -0.4 is 5.32 Å². The van der Waals surface area contributed by atoms with Crippen LogP contribution in [-0.4, -0.2) is 38.8 Å². The molecular formula is C23H27N3O4. The van der Waals surface area contributed by atoms with E-state index >= 15 is 0 Å². The summed E-state index contributed by atoms with van der Waals surface area (Å²) in [5.41, 5.74) is 3.67. The van der Waals surface area contributed by atoms with Gasteiger partial charge in [-0.1, -0.05) is 18.2 Å². The van der Waals surface area contributed by atoms with Crippen LogP contribution in [0.3, 0.4) is 0 Å². The molecule has 1 aromatic heterocycles. The smallest absolute Gasteiger partial charge is 0.310 e. The number of aliphatic hydroxyl groups is 2. The topological polar surface area (TPSA) is 105 Å². The van der Waals surface area contributed by atoms with E-state index in [2.05, 4.69) is 15.3 Å². The number of fused-ring (bicyclic) bond motifs is 1. The number of nitrogens with one attached hydrogen (secondary N) is 1. The standard InChI is InChI=1S/C23H27N3O4/c1-23(2,3)30-20(29)9-14-6-5-7-15(8-14)21-18-10-16(12-27)17(13-28)11-19(18)25-22(24-4)26-21/h5-8,10-11,27-28H,9,12-13H2,1-4H3,(H,24,25,26). The third-order valence-electron chi connectivity index (χ3n) is 4.55. The molecule has 0 spiro atoms. The van der Waals surface area contributed by atoms with Crippen LogP contribution in [0.2, 0.25) is 0 Å². The van der Waals surface area contributed by atoms with Crippen molar-refractivity contribution in [2.24, 2.45) is 0 Å². The average molecular weight is 409 g/mol. The first-order valence-corrected chi connectivity index (χ1v) is 9.78. The average Bonchev–Trinajstić information content (AvgIpc) is 2.70. The predicted octanol–water partition coefficient (Wildman–Crippen LogP) is 3.21. The molecule has 3 rings (SSSR count). The molecule has 3 aromatic rings. The normalized spacial score (nSPS) is 11.5. The zero-order valence-electron chi connectivity index (χ0n) is 17.7. The minimum absolute atomic E-state index is 0.156. The molecule has 0 unspecified atom stereocenters. The van der Waals surface area contributed by atoms with Gasteiger partial charge >= 0.3 is 5.97 Å². The van der Waals surface area contributed by atoms with Gasteiger partial charge in [0.2, 0.25) is 5.95 Å². The molecule has 3 N–H and O–H groups in total. The Bertz CT molecular complexity index is 1070. The number of ether oxygens (including phenoxy) is 1. The maximum Gasteiger partial charge on any atom is 0.310 e. The lowest BCUT2D eigenvalue weighted by atomic mass is 9.99. The number of rotatable bonds is 6. The number of anilines is 1. The first kappa shape index (κ1) is 21.7. The first-order valence-electron chi connectivity index (χ1n) is 9.78. The molecule has 0 amide bonds. The number of aromatic nitrogens is 2. The van der Waals surface area contributed by atoms with Crippen molar-refractivity contribution in [2.75, 3.05) is 12.4 Å². The van der Waals surface area contributed by atoms with Gasteiger partial charge in [-0.05, 0) is 55.7 Å². The van der Waals surface area contributed by atoms with E-state index in [0.29, 0.717) is 28.3 Å². The number of hydrogen-bond acceptors (Lipinski definition) is 7. The number of hydrogen-bond donors (Lipinski definition) is 3. The Morgan fingerprint density at radius 2 is 1.77 bits per heavy atom. The molecule has 0 saturated heterocycles. The summed E-state index contributed by atoms with van der Waals surface area (Å²) in [6.07, 6.45) is 0.156. The van der Waals surface area contributed by atoms with Crippen LogP contribution in [0.1, 0.15) is 37.5 Å². The van der Waals surface area contributed by atoms with E-state index in [1.807, 2.05) is 45.0 Å². The van der Waals surface area contributed by atoms with Gasteiger partial charge in [0.05, 0.1) is 30.8 Å². The summed E-state index contributed by atoms with van der Waals surface area (Å²) < 4.78 is 5.42. The lowest BCUT2D eigenvalue weighted by molar-refractivity contribution is -0.153. The second kappa shape index (κ2) is 8.77. The molecule has 0 aliphatic heterocycles. The SMILES string of the molecule is CNc1nc(-c2cccc(CC(=O)OC(C)(C)C)c2)c2cc(CO)c(CO)cc2n1. The van der Waals surface area contributed by atoms with Crippen molar-refractivity contribution in [3.63, 3.8) is 0 Å². The van der Waals surface area contributed by atoms with Crippen LogP contribution in [-0.2, 0) is 29.2 Å². The molecule has 7 nitrogen and oxygen atoms in total. The van der Waals surface area contributed by atoms with Crippen LogP contribution in [0.4, 0.5) is 5.95 Å². The monoisotopic (exact) mass is 409 g/mol. The number of benzene rings is 2. The maximum atomic E-state index is 12.2. The van der Waals surface area contributed by atoms with E-state index in [0.717, 1.165) is 16.5 Å². The van der Waals surface area contributed by atoms with Crippen molar-refractivity contribution in [1.82, 2.24) is 9.97 Å². The molecule has 0 aliphatic rings. The molecular weight excluding hydrogens is 382 g/mol. The second-order valence-corrected chi connectivity index (χ2v) is 8.06. The highest BCUT2D eigenvalue weighted by molar-refractivity contribution is 5.94. The summed E-state index contributed by atoms with van der Waals surface area (Å²) in [6, 6.07) is 11.1. The van der Waals surface area contributed by atoms with E-state index in [9.17, 15) is 15.0 Å². The van der Waals surface area contributed by atoms with Crippen LogP contribution in [0, 0.1) is 0 Å². The summed E-state index contributed by atoms with van der Waals surface area (Å²) in [6.45, 7) is 5.14. The third kappa shape index (κ3) is 4.93. The van der Waals surface area contributed by atoms with Crippen molar-refractivity contribution in [3.8, 4) is 11.3 Å². The molecule has 1 heterocycles. The summed E-state index contributed by atoms with van der Waals surface area (Å²) >= 11 is 0. The maximum absolute atomic E-state index is 12.2. The molecule has 0 atom stereocenters. The third-order valence-corrected chi connectivity index (χ3v) is 4.55. The van der Waals surface area contributed by atoms with E-state index < -0.39 is 5.60 Å². The summed E-state index contributed by atoms with van der Waals surface area (Å²) in [7, 11) is 1.74. The highest BCUT2D eigenvalue weighted by Gasteiger charge is 2.18. The van der Waals surface area contributed by atoms with Crippen LogP contribution in [0.15, 0.2) is 36.4 Å². The molecule has 158 valence electrons. The van der Waals surface area contributed by atoms with E-state index in [4.69, 9.17) is 4.74 Å². The fraction of sp³-hybridized carbons (Fsp3) is 0.348. The zero-order chi connectivity index (χ0) is 21.9. The Hall–Kier alpha value is -3.03. The van der Waals surface area contributed by atoms with Gasteiger partial charge in [0, 0.05) is 18.0 Å². The van der Waals surface area contributed by atoms with Gasteiger partial charge in [-0.15, -0.1) is 0 Å². The largest absolute Gasteiger partial charge is 0.460 e. The minimum Gasteiger partial charge on any atom is -0.460 e. The summed E-state index contributed by atoms with van der Waals surface area (Å²) in [5, 5.41) is 23.0. The number of nitrogens with zero attached hydrogens (tertiary/aromatic N) is 2. The second-order valence-electron chi connectivity index (χ2n) is 8.06. The molecule has 7 heteroatoms. The first-order chi connectivity index (χ1) is 14.2. The van der Waals surface area contributed by atoms with Gasteiger partial charge in [0.25, 0.3) is 0 Å². The predicted molar refractivity (Wildman–Crippen MR) is 116 cm³/mol. The lowest BCUT2D eigenvalue weighted by Gasteiger charge is -2.19. The van der Waals surface area contributed by atoms with Crippen molar-refractivity contribution in [2.45, 2.75) is 46.0 Å². The van der Waals surface area contributed by atoms with Gasteiger partial charge in [0.15, 0.2) is 0 Å². The van der Waals surface area contributed by atoms with Gasteiger partial charge < -0.3 is 20.3 Å². The number of aliphatic hydroxyl groups excluding tert-OH is 2. The molecule has 30 heavy (non-hydrogen) atoms. The zero-order valence-corrected chi connectivity index (χ0v) is 17.7. The number of esters is 1. The Morgan fingerprint density at radius 1 is 1.07 bits per heavy atom. The number of carbonyl (C=O) groups is 1. The van der Waals surface area contributed by atoms with Crippen molar-refractivity contribution in [1.29, 1.82) is 0 Å². The highest BCUT2D eigenvalue weighted by Crippen LogP contribution is 2.30.